The fraction of sp³-hybridized carbons (Fsp3) is 0.429. The molecule has 0 aliphatic carbocycles. The van der Waals surface area contributed by atoms with Crippen molar-refractivity contribution >= 4 is 15.9 Å². The van der Waals surface area contributed by atoms with Gasteiger partial charge in [-0.05, 0) is 23.8 Å². The molecule has 20 heavy (non-hydrogen) atoms. The average molecular weight is 337 g/mol. The van der Waals surface area contributed by atoms with Gasteiger partial charge in [-0.3, -0.25) is 4.68 Å². The normalized spacial score (nSPS) is 17.0. The van der Waals surface area contributed by atoms with Crippen molar-refractivity contribution in [3.63, 3.8) is 0 Å². The summed E-state index contributed by atoms with van der Waals surface area (Å²) in [5.74, 6) is 1.88. The standard InChI is InChI=1S/C14H17BrN4O/c1-19-9-17-14(18-19)4-5-16-8-12-7-10-6-11(15)2-3-13(10)20-12/h2-3,6,9,12,16H,4-5,7-8H2,1H3. The summed E-state index contributed by atoms with van der Waals surface area (Å²) in [7, 11) is 1.88. The lowest BCUT2D eigenvalue weighted by Gasteiger charge is -2.11. The van der Waals surface area contributed by atoms with E-state index in [-0.39, 0.29) is 6.10 Å². The number of nitrogens with one attached hydrogen (secondary N) is 1. The van der Waals surface area contributed by atoms with E-state index >= 15 is 0 Å². The highest BCUT2D eigenvalue weighted by Crippen LogP contribution is 2.30. The molecular formula is C14H17BrN4O. The first-order valence-electron chi connectivity index (χ1n) is 6.71. The molecule has 106 valence electrons. The summed E-state index contributed by atoms with van der Waals surface area (Å²) in [4.78, 5) is 4.20. The number of rotatable bonds is 5. The quantitative estimate of drug-likeness (QED) is 0.844. The van der Waals surface area contributed by atoms with E-state index < -0.39 is 0 Å². The highest BCUT2D eigenvalue weighted by atomic mass is 79.9. The van der Waals surface area contributed by atoms with Gasteiger partial charge in [0.05, 0.1) is 0 Å². The molecule has 2 heterocycles. The van der Waals surface area contributed by atoms with E-state index in [1.807, 2.05) is 19.2 Å². The number of hydrogen-bond acceptors (Lipinski definition) is 4. The smallest absolute Gasteiger partial charge is 0.151 e. The molecule has 1 aromatic carbocycles. The van der Waals surface area contributed by atoms with Crippen LogP contribution in [0.5, 0.6) is 5.75 Å². The molecule has 1 N–H and O–H groups in total. The van der Waals surface area contributed by atoms with Crippen molar-refractivity contribution in [3.05, 3.63) is 40.4 Å². The lowest BCUT2D eigenvalue weighted by Crippen LogP contribution is -2.31. The number of ether oxygens (including phenoxy) is 1. The summed E-state index contributed by atoms with van der Waals surface area (Å²) < 4.78 is 8.73. The van der Waals surface area contributed by atoms with E-state index in [1.54, 1.807) is 11.0 Å². The second-order valence-corrected chi connectivity index (χ2v) is 5.90. The van der Waals surface area contributed by atoms with Gasteiger partial charge in [-0.1, -0.05) is 15.9 Å². The predicted octanol–water partition coefficient (Wildman–Crippen LogP) is 1.71. The number of halogens is 1. The first-order valence-corrected chi connectivity index (χ1v) is 7.50. The molecule has 0 radical (unpaired) electrons. The molecule has 1 unspecified atom stereocenters. The van der Waals surface area contributed by atoms with Crippen LogP contribution in [0.25, 0.3) is 0 Å². The third-order valence-electron chi connectivity index (χ3n) is 3.31. The average Bonchev–Trinajstić information content (AvgIpc) is 3.00. The molecule has 1 atom stereocenters. The number of fused-ring (bicyclic) bond motifs is 1. The molecule has 0 bridgehead atoms. The van der Waals surface area contributed by atoms with E-state index in [2.05, 4.69) is 37.4 Å². The molecule has 1 aliphatic rings. The monoisotopic (exact) mass is 336 g/mol. The second kappa shape index (κ2) is 5.93. The molecule has 1 aliphatic heterocycles. The molecule has 6 heteroatoms. The van der Waals surface area contributed by atoms with Gasteiger partial charge in [0, 0.05) is 37.5 Å². The fourth-order valence-electron chi connectivity index (χ4n) is 2.36. The molecule has 5 nitrogen and oxygen atoms in total. The number of benzene rings is 1. The summed E-state index contributed by atoms with van der Waals surface area (Å²) in [5, 5.41) is 7.66. The highest BCUT2D eigenvalue weighted by molar-refractivity contribution is 9.10. The summed E-state index contributed by atoms with van der Waals surface area (Å²) in [6, 6.07) is 6.17. The molecule has 0 amide bonds. The third-order valence-corrected chi connectivity index (χ3v) is 3.80. The van der Waals surface area contributed by atoms with Gasteiger partial charge >= 0.3 is 0 Å². The molecule has 0 fully saturated rings. The largest absolute Gasteiger partial charge is 0.488 e. The van der Waals surface area contributed by atoms with Crippen molar-refractivity contribution in [3.8, 4) is 5.75 Å². The lowest BCUT2D eigenvalue weighted by molar-refractivity contribution is 0.228. The van der Waals surface area contributed by atoms with Crippen LogP contribution in [0.1, 0.15) is 11.4 Å². The van der Waals surface area contributed by atoms with Crippen LogP contribution in [0.2, 0.25) is 0 Å². The molecule has 0 saturated carbocycles. The van der Waals surface area contributed by atoms with Gasteiger partial charge in [0.2, 0.25) is 0 Å². The van der Waals surface area contributed by atoms with Crippen LogP contribution in [0.15, 0.2) is 29.0 Å². The Bertz CT molecular complexity index is 599. The number of hydrogen-bond donors (Lipinski definition) is 1. The van der Waals surface area contributed by atoms with Crippen LogP contribution in [-0.4, -0.2) is 34.0 Å². The minimum atomic E-state index is 0.219. The Balaban J connectivity index is 1.42. The van der Waals surface area contributed by atoms with Crippen LogP contribution in [-0.2, 0) is 19.9 Å². The van der Waals surface area contributed by atoms with E-state index in [9.17, 15) is 0 Å². The van der Waals surface area contributed by atoms with E-state index in [4.69, 9.17) is 4.74 Å². The summed E-state index contributed by atoms with van der Waals surface area (Å²) in [6.45, 7) is 1.71. The van der Waals surface area contributed by atoms with Crippen molar-refractivity contribution < 1.29 is 4.74 Å². The number of aryl methyl sites for hydroxylation is 1. The zero-order valence-electron chi connectivity index (χ0n) is 11.3. The van der Waals surface area contributed by atoms with Gasteiger partial charge in [-0.2, -0.15) is 5.10 Å². The van der Waals surface area contributed by atoms with Gasteiger partial charge in [-0.25, -0.2) is 4.98 Å². The van der Waals surface area contributed by atoms with Crippen LogP contribution >= 0.6 is 15.9 Å². The number of aromatic nitrogens is 3. The molecule has 3 rings (SSSR count). The minimum absolute atomic E-state index is 0.219. The van der Waals surface area contributed by atoms with Crippen molar-refractivity contribution in [1.29, 1.82) is 0 Å². The number of nitrogens with zero attached hydrogens (tertiary/aromatic N) is 3. The molecule has 1 aromatic heterocycles. The van der Waals surface area contributed by atoms with Crippen LogP contribution in [0, 0.1) is 0 Å². The maximum atomic E-state index is 5.90. The summed E-state index contributed by atoms with van der Waals surface area (Å²) in [6.07, 6.45) is 3.75. The van der Waals surface area contributed by atoms with E-state index in [0.717, 1.165) is 42.0 Å². The van der Waals surface area contributed by atoms with Crippen molar-refractivity contribution in [1.82, 2.24) is 20.1 Å². The third kappa shape index (κ3) is 3.19. The predicted molar refractivity (Wildman–Crippen MR) is 79.8 cm³/mol. The summed E-state index contributed by atoms with van der Waals surface area (Å²) >= 11 is 3.49. The Hall–Kier alpha value is -1.40. The SMILES string of the molecule is Cn1cnc(CCNCC2Cc3cc(Br)ccc3O2)n1. The van der Waals surface area contributed by atoms with Crippen LogP contribution < -0.4 is 10.1 Å². The summed E-state index contributed by atoms with van der Waals surface area (Å²) in [5.41, 5.74) is 1.28. The van der Waals surface area contributed by atoms with Crippen LogP contribution in [0.3, 0.4) is 0 Å². The van der Waals surface area contributed by atoms with Crippen molar-refractivity contribution in [2.75, 3.05) is 13.1 Å². The zero-order valence-corrected chi connectivity index (χ0v) is 12.9. The van der Waals surface area contributed by atoms with E-state index in [1.165, 1.54) is 5.56 Å². The Morgan fingerprint density at radius 2 is 2.40 bits per heavy atom. The van der Waals surface area contributed by atoms with Gasteiger partial charge < -0.3 is 10.1 Å². The van der Waals surface area contributed by atoms with Gasteiger partial charge in [-0.15, -0.1) is 0 Å². The Kier molecular flexibility index (Phi) is 4.03. The molecule has 0 saturated heterocycles. The van der Waals surface area contributed by atoms with Gasteiger partial charge in [0.15, 0.2) is 5.82 Å². The molecule has 0 spiro atoms. The second-order valence-electron chi connectivity index (χ2n) is 4.98. The van der Waals surface area contributed by atoms with Crippen molar-refractivity contribution in [2.24, 2.45) is 7.05 Å². The Morgan fingerprint density at radius 1 is 1.50 bits per heavy atom. The first kappa shape index (κ1) is 13.6. The van der Waals surface area contributed by atoms with Crippen molar-refractivity contribution in [2.45, 2.75) is 18.9 Å². The highest BCUT2D eigenvalue weighted by Gasteiger charge is 2.22. The molecule has 2 aromatic rings. The first-order chi connectivity index (χ1) is 9.70. The minimum Gasteiger partial charge on any atom is -0.488 e. The topological polar surface area (TPSA) is 52.0 Å². The van der Waals surface area contributed by atoms with Gasteiger partial charge in [0.1, 0.15) is 18.2 Å². The lowest BCUT2D eigenvalue weighted by atomic mass is 10.1. The van der Waals surface area contributed by atoms with Crippen LogP contribution in [0.4, 0.5) is 0 Å². The maximum Gasteiger partial charge on any atom is 0.151 e. The molecular weight excluding hydrogens is 320 g/mol. The van der Waals surface area contributed by atoms with E-state index in [0.29, 0.717) is 0 Å². The zero-order chi connectivity index (χ0) is 13.9. The maximum absolute atomic E-state index is 5.90. The Morgan fingerprint density at radius 3 is 3.20 bits per heavy atom. The fourth-order valence-corrected chi connectivity index (χ4v) is 2.77. The Labute approximate surface area is 126 Å². The van der Waals surface area contributed by atoms with Gasteiger partial charge in [0.25, 0.3) is 0 Å².